The maximum Gasteiger partial charge on any atom is 0.285 e. The molecule has 1 aromatic heterocycles. The minimum Gasteiger partial charge on any atom is -0.342 e. The van der Waals surface area contributed by atoms with Gasteiger partial charge in [0.1, 0.15) is 0 Å². The van der Waals surface area contributed by atoms with Crippen LogP contribution in [0.25, 0.3) is 0 Å². The van der Waals surface area contributed by atoms with Crippen LogP contribution in [0.5, 0.6) is 0 Å². The third kappa shape index (κ3) is 3.87. The van der Waals surface area contributed by atoms with Crippen molar-refractivity contribution in [2.45, 2.75) is 32.6 Å². The first-order valence-electron chi connectivity index (χ1n) is 6.58. The van der Waals surface area contributed by atoms with Crippen LogP contribution in [0.2, 0.25) is 0 Å². The smallest absolute Gasteiger partial charge is 0.285 e. The number of nitrogens with one attached hydrogen (secondary N) is 1. The van der Waals surface area contributed by atoms with Gasteiger partial charge in [0, 0.05) is 18.8 Å². The Labute approximate surface area is 116 Å². The fraction of sp³-hybridized carbons (Fsp3) is 0.583. The summed E-state index contributed by atoms with van der Waals surface area (Å²) >= 11 is 0. The van der Waals surface area contributed by atoms with Crippen LogP contribution in [0.3, 0.4) is 0 Å². The molecular weight excluding hydrogens is 262 g/mol. The number of rotatable bonds is 4. The molecule has 8 heteroatoms. The van der Waals surface area contributed by atoms with Gasteiger partial charge in [-0.15, -0.1) is 0 Å². The topological polar surface area (TPSA) is 101 Å². The molecule has 1 aliphatic rings. The quantitative estimate of drug-likeness (QED) is 0.650. The van der Waals surface area contributed by atoms with Gasteiger partial charge in [-0.3, -0.25) is 4.79 Å². The highest BCUT2D eigenvalue weighted by Gasteiger charge is 2.18. The monoisotopic (exact) mass is 279 g/mol. The number of nitro groups is 1. The summed E-state index contributed by atoms with van der Waals surface area (Å²) in [6, 6.07) is 1.67. The van der Waals surface area contributed by atoms with E-state index in [9.17, 15) is 14.9 Å². The number of hydrogen-bond acceptors (Lipinski definition) is 5. The second-order valence-corrected chi connectivity index (χ2v) is 4.81. The van der Waals surface area contributed by atoms with Crippen LogP contribution in [-0.4, -0.2) is 38.9 Å². The number of aromatic nitrogens is 2. The summed E-state index contributed by atoms with van der Waals surface area (Å²) in [6.45, 7) is 3.27. The summed E-state index contributed by atoms with van der Waals surface area (Å²) in [6.07, 6.45) is 3.37. The van der Waals surface area contributed by atoms with Gasteiger partial charge in [-0.05, 0) is 32.3 Å². The maximum atomic E-state index is 12.1. The number of hydrogen-bond donors (Lipinski definition) is 1. The first kappa shape index (κ1) is 14.2. The van der Waals surface area contributed by atoms with Crippen molar-refractivity contribution in [1.82, 2.24) is 14.9 Å². The Morgan fingerprint density at radius 2 is 2.10 bits per heavy atom. The van der Waals surface area contributed by atoms with E-state index in [1.165, 1.54) is 0 Å². The Morgan fingerprint density at radius 1 is 1.40 bits per heavy atom. The zero-order valence-corrected chi connectivity index (χ0v) is 11.3. The highest BCUT2D eigenvalue weighted by atomic mass is 16.7. The van der Waals surface area contributed by atoms with Crippen molar-refractivity contribution >= 4 is 11.9 Å². The molecule has 0 atom stereocenters. The molecule has 1 fully saturated rings. The Kier molecular flexibility index (Phi) is 4.44. The lowest BCUT2D eigenvalue weighted by molar-refractivity contribution is -0.446. The van der Waals surface area contributed by atoms with E-state index in [1.54, 1.807) is 13.0 Å². The summed E-state index contributed by atoms with van der Waals surface area (Å²) < 4.78 is 0. The molecule has 1 amide bonds. The SMILES string of the molecule is Cc1cc(CC(=O)N2CCCCC2)nc(N[N+](=O)[O-])n1. The van der Waals surface area contributed by atoms with Crippen LogP contribution in [-0.2, 0) is 11.2 Å². The van der Waals surface area contributed by atoms with Crippen LogP contribution >= 0.6 is 0 Å². The molecule has 1 aliphatic heterocycles. The van der Waals surface area contributed by atoms with Gasteiger partial charge in [-0.25, -0.2) is 20.1 Å². The van der Waals surface area contributed by atoms with E-state index in [1.807, 2.05) is 10.3 Å². The molecule has 1 N–H and O–H groups in total. The van der Waals surface area contributed by atoms with Crippen molar-refractivity contribution in [1.29, 1.82) is 0 Å². The summed E-state index contributed by atoms with van der Waals surface area (Å²) in [7, 11) is 0. The highest BCUT2D eigenvalue weighted by molar-refractivity contribution is 5.78. The van der Waals surface area contributed by atoms with E-state index >= 15 is 0 Å². The summed E-state index contributed by atoms with van der Waals surface area (Å²) in [5.41, 5.74) is 3.00. The Bertz CT molecular complexity index is 514. The van der Waals surface area contributed by atoms with E-state index in [2.05, 4.69) is 9.97 Å². The summed E-state index contributed by atoms with van der Waals surface area (Å²) in [5, 5.41) is 9.68. The first-order chi connectivity index (χ1) is 9.54. The molecule has 1 aromatic rings. The van der Waals surface area contributed by atoms with Gasteiger partial charge >= 0.3 is 0 Å². The van der Waals surface area contributed by atoms with Crippen molar-refractivity contribution < 1.29 is 9.83 Å². The Hall–Kier alpha value is -2.25. The van der Waals surface area contributed by atoms with Crippen LogP contribution in [0, 0.1) is 17.0 Å². The van der Waals surface area contributed by atoms with Crippen molar-refractivity contribution in [2.75, 3.05) is 18.5 Å². The minimum atomic E-state index is -0.717. The largest absolute Gasteiger partial charge is 0.342 e. The van der Waals surface area contributed by atoms with E-state index in [0.29, 0.717) is 11.4 Å². The lowest BCUT2D eigenvalue weighted by Gasteiger charge is -2.26. The molecule has 0 bridgehead atoms. The van der Waals surface area contributed by atoms with E-state index in [0.717, 1.165) is 32.4 Å². The molecular formula is C12H17N5O3. The molecule has 0 unspecified atom stereocenters. The van der Waals surface area contributed by atoms with Gasteiger partial charge in [-0.1, -0.05) is 5.43 Å². The summed E-state index contributed by atoms with van der Waals surface area (Å²) in [4.78, 5) is 32.2. The molecule has 2 rings (SSSR count). The van der Waals surface area contributed by atoms with E-state index in [-0.39, 0.29) is 18.3 Å². The van der Waals surface area contributed by atoms with Crippen molar-refractivity contribution in [3.8, 4) is 0 Å². The predicted octanol–water partition coefficient (Wildman–Crippen LogP) is 0.944. The molecule has 0 spiro atoms. The minimum absolute atomic E-state index is 0.00912. The predicted molar refractivity (Wildman–Crippen MR) is 71.5 cm³/mol. The van der Waals surface area contributed by atoms with Gasteiger partial charge in [0.15, 0.2) is 5.03 Å². The Morgan fingerprint density at radius 3 is 2.75 bits per heavy atom. The molecule has 20 heavy (non-hydrogen) atoms. The highest BCUT2D eigenvalue weighted by Crippen LogP contribution is 2.12. The first-order valence-corrected chi connectivity index (χ1v) is 6.58. The van der Waals surface area contributed by atoms with Crippen LogP contribution < -0.4 is 5.43 Å². The van der Waals surface area contributed by atoms with Gasteiger partial charge in [0.2, 0.25) is 5.91 Å². The Balaban J connectivity index is 2.06. The van der Waals surface area contributed by atoms with Gasteiger partial charge in [-0.2, -0.15) is 0 Å². The van der Waals surface area contributed by atoms with Gasteiger partial charge < -0.3 is 4.90 Å². The molecule has 108 valence electrons. The number of carbonyl (C=O) groups is 1. The standard InChI is InChI=1S/C12H17N5O3/c1-9-7-10(14-12(13-9)15-17(19)20)8-11(18)16-5-3-2-4-6-16/h7H,2-6,8H2,1H3,(H,13,14,15). The fourth-order valence-corrected chi connectivity index (χ4v) is 2.27. The molecule has 0 saturated carbocycles. The van der Waals surface area contributed by atoms with E-state index < -0.39 is 5.03 Å². The van der Waals surface area contributed by atoms with E-state index in [4.69, 9.17) is 0 Å². The normalized spacial score (nSPS) is 14.9. The molecule has 1 saturated heterocycles. The lowest BCUT2D eigenvalue weighted by Crippen LogP contribution is -2.36. The number of anilines is 1. The van der Waals surface area contributed by atoms with Crippen molar-refractivity contribution in [3.05, 3.63) is 27.6 Å². The average molecular weight is 279 g/mol. The zero-order valence-electron chi connectivity index (χ0n) is 11.3. The van der Waals surface area contributed by atoms with Crippen LogP contribution in [0.4, 0.5) is 5.95 Å². The van der Waals surface area contributed by atoms with Crippen LogP contribution in [0.15, 0.2) is 6.07 Å². The number of aryl methyl sites for hydroxylation is 1. The number of piperidine rings is 1. The number of nitrogens with zero attached hydrogens (tertiary/aromatic N) is 4. The molecule has 8 nitrogen and oxygen atoms in total. The lowest BCUT2D eigenvalue weighted by atomic mass is 10.1. The maximum absolute atomic E-state index is 12.1. The molecule has 0 aromatic carbocycles. The van der Waals surface area contributed by atoms with Crippen molar-refractivity contribution in [2.24, 2.45) is 0 Å². The number of likely N-dealkylation sites (tertiary alicyclic amines) is 1. The third-order valence-corrected chi connectivity index (χ3v) is 3.14. The number of hydrazine groups is 1. The molecule has 0 aliphatic carbocycles. The zero-order chi connectivity index (χ0) is 14.5. The van der Waals surface area contributed by atoms with Crippen molar-refractivity contribution in [3.63, 3.8) is 0 Å². The third-order valence-electron chi connectivity index (χ3n) is 3.14. The molecule has 0 radical (unpaired) electrons. The number of amides is 1. The molecule has 2 heterocycles. The fourth-order valence-electron chi connectivity index (χ4n) is 2.27. The van der Waals surface area contributed by atoms with Gasteiger partial charge in [0.25, 0.3) is 5.95 Å². The number of carbonyl (C=O) groups excluding carboxylic acids is 1. The van der Waals surface area contributed by atoms with Crippen LogP contribution in [0.1, 0.15) is 30.7 Å². The second-order valence-electron chi connectivity index (χ2n) is 4.81. The summed E-state index contributed by atoms with van der Waals surface area (Å²) in [5.74, 6) is -0.0775. The average Bonchev–Trinajstić information content (AvgIpc) is 2.38. The second kappa shape index (κ2) is 6.27. The van der Waals surface area contributed by atoms with Gasteiger partial charge in [0.05, 0.1) is 12.1 Å².